The molecular formula is C15H15F2N5O3S. The molecule has 0 amide bonds. The lowest BCUT2D eigenvalue weighted by Crippen LogP contribution is -2.31. The largest absolute Gasteiger partial charge is 0.477 e. The Morgan fingerprint density at radius 1 is 1.35 bits per heavy atom. The molecule has 138 valence electrons. The number of nitrogens with one attached hydrogen (secondary N) is 1. The van der Waals surface area contributed by atoms with Crippen molar-refractivity contribution in [3.63, 3.8) is 0 Å². The van der Waals surface area contributed by atoms with Crippen LogP contribution in [0.4, 0.5) is 20.2 Å². The third-order valence-electron chi connectivity index (χ3n) is 4.74. The van der Waals surface area contributed by atoms with Crippen LogP contribution in [0.2, 0.25) is 0 Å². The maximum Gasteiger partial charge on any atom is 0.342 e. The molecule has 11 heteroatoms. The van der Waals surface area contributed by atoms with Crippen molar-refractivity contribution in [2.75, 3.05) is 23.4 Å². The zero-order valence-electron chi connectivity index (χ0n) is 13.4. The number of hydrazine groups is 1. The summed E-state index contributed by atoms with van der Waals surface area (Å²) in [5, 5.41) is 9.07. The fourth-order valence-corrected chi connectivity index (χ4v) is 4.45. The van der Waals surface area contributed by atoms with Crippen LogP contribution in [0.1, 0.15) is 16.8 Å². The van der Waals surface area contributed by atoms with Crippen LogP contribution in [-0.2, 0) is 5.88 Å². The van der Waals surface area contributed by atoms with Crippen LogP contribution in [0.5, 0.6) is 0 Å². The first-order valence-electron chi connectivity index (χ1n) is 7.81. The van der Waals surface area contributed by atoms with Crippen molar-refractivity contribution in [2.45, 2.75) is 23.4 Å². The minimum atomic E-state index is -1.45. The van der Waals surface area contributed by atoms with Gasteiger partial charge in [0.1, 0.15) is 16.9 Å². The molecule has 0 bridgehead atoms. The first kappa shape index (κ1) is 17.1. The molecular weight excluding hydrogens is 368 g/mol. The summed E-state index contributed by atoms with van der Waals surface area (Å²) >= 11 is 1.12. The second-order valence-electron chi connectivity index (χ2n) is 6.23. The van der Waals surface area contributed by atoms with Crippen molar-refractivity contribution in [1.29, 1.82) is 0 Å². The van der Waals surface area contributed by atoms with Gasteiger partial charge in [0.05, 0.1) is 21.8 Å². The zero-order chi connectivity index (χ0) is 18.7. The number of nitrogens with zero attached hydrogens (tertiary/aromatic N) is 2. The zero-order valence-corrected chi connectivity index (χ0v) is 14.2. The van der Waals surface area contributed by atoms with Gasteiger partial charge < -0.3 is 25.7 Å². The second kappa shape index (κ2) is 5.83. The minimum absolute atomic E-state index is 0.146. The smallest absolute Gasteiger partial charge is 0.342 e. The average molecular weight is 383 g/mol. The quantitative estimate of drug-likeness (QED) is 0.454. The molecule has 2 aliphatic rings. The third-order valence-corrected chi connectivity index (χ3v) is 5.83. The summed E-state index contributed by atoms with van der Waals surface area (Å²) in [7, 11) is 0. The third kappa shape index (κ3) is 2.14. The van der Waals surface area contributed by atoms with Gasteiger partial charge in [-0.3, -0.25) is 10.6 Å². The topological polar surface area (TPSA) is 127 Å². The molecule has 0 saturated carbocycles. The molecule has 0 aliphatic carbocycles. The number of fused-ring (bicyclic) bond motifs is 3. The van der Waals surface area contributed by atoms with Gasteiger partial charge in [-0.25, -0.2) is 13.6 Å². The standard InChI is InChI=1S/C15H15F2N5O3S/c16-8-10(20-19)6-11(9(17)12(8)21-2-1-5(18)3-21)22-4-26-14(22)7(13(6)23)15(24)25/h5,20H,1-4,18-19H2,(H,24,25). The number of aromatic nitrogens is 1. The van der Waals surface area contributed by atoms with Crippen LogP contribution in [0.15, 0.2) is 9.82 Å². The molecule has 8 nitrogen and oxygen atoms in total. The number of carboxylic acid groups (broad SMARTS) is 1. The Bertz CT molecular complexity index is 1030. The van der Waals surface area contributed by atoms with E-state index in [1.807, 2.05) is 0 Å². The Morgan fingerprint density at radius 2 is 2.08 bits per heavy atom. The van der Waals surface area contributed by atoms with Crippen molar-refractivity contribution in [3.8, 4) is 0 Å². The van der Waals surface area contributed by atoms with Crippen LogP contribution < -0.4 is 27.3 Å². The lowest BCUT2D eigenvalue weighted by Gasteiger charge is -2.29. The first-order chi connectivity index (χ1) is 12.4. The number of hydrogen-bond acceptors (Lipinski definition) is 7. The van der Waals surface area contributed by atoms with Crippen LogP contribution >= 0.6 is 11.8 Å². The van der Waals surface area contributed by atoms with Gasteiger partial charge in [-0.15, -0.1) is 0 Å². The molecule has 1 saturated heterocycles. The number of nitrogens with two attached hydrogens (primary N) is 2. The van der Waals surface area contributed by atoms with Gasteiger partial charge in [0.15, 0.2) is 11.6 Å². The number of carbonyl (C=O) groups is 1. The van der Waals surface area contributed by atoms with E-state index in [1.165, 1.54) is 9.47 Å². The summed E-state index contributed by atoms with van der Waals surface area (Å²) in [6, 6.07) is -0.214. The molecule has 3 heterocycles. The molecule has 1 aromatic heterocycles. The number of hydrogen-bond donors (Lipinski definition) is 4. The number of benzene rings is 1. The summed E-state index contributed by atoms with van der Waals surface area (Å²) in [6.07, 6.45) is 0.578. The highest BCUT2D eigenvalue weighted by Gasteiger charge is 2.35. The maximum absolute atomic E-state index is 15.3. The van der Waals surface area contributed by atoms with E-state index in [2.05, 4.69) is 5.43 Å². The van der Waals surface area contributed by atoms with Gasteiger partial charge in [0.2, 0.25) is 5.43 Å². The lowest BCUT2D eigenvalue weighted by molar-refractivity contribution is 0.0689. The molecule has 2 aliphatic heterocycles. The number of anilines is 2. The van der Waals surface area contributed by atoms with Crippen molar-refractivity contribution >= 4 is 40.0 Å². The summed E-state index contributed by atoms with van der Waals surface area (Å²) in [5.74, 6) is 2.25. The van der Waals surface area contributed by atoms with Crippen LogP contribution in [0.3, 0.4) is 0 Å². The van der Waals surface area contributed by atoms with E-state index in [0.29, 0.717) is 13.0 Å². The molecule has 2 aromatic rings. The van der Waals surface area contributed by atoms with E-state index in [4.69, 9.17) is 11.6 Å². The molecule has 1 atom stereocenters. The lowest BCUT2D eigenvalue weighted by atomic mass is 10.1. The van der Waals surface area contributed by atoms with Crippen molar-refractivity contribution in [1.82, 2.24) is 4.57 Å². The molecule has 26 heavy (non-hydrogen) atoms. The van der Waals surface area contributed by atoms with Crippen molar-refractivity contribution < 1.29 is 18.7 Å². The van der Waals surface area contributed by atoms with Crippen molar-refractivity contribution in [2.24, 2.45) is 11.6 Å². The number of aromatic carboxylic acids is 1. The normalized spacial score (nSPS) is 18.8. The molecule has 0 radical (unpaired) electrons. The Labute approximate surface area is 149 Å². The van der Waals surface area contributed by atoms with E-state index in [-0.39, 0.29) is 34.7 Å². The summed E-state index contributed by atoms with van der Waals surface area (Å²) in [4.78, 5) is 25.6. The Balaban J connectivity index is 2.13. The van der Waals surface area contributed by atoms with Gasteiger partial charge in [-0.2, -0.15) is 0 Å². The molecule has 4 rings (SSSR count). The van der Waals surface area contributed by atoms with E-state index < -0.39 is 39.7 Å². The highest BCUT2D eigenvalue weighted by molar-refractivity contribution is 7.99. The van der Waals surface area contributed by atoms with Crippen LogP contribution in [0.25, 0.3) is 10.9 Å². The van der Waals surface area contributed by atoms with Gasteiger partial charge in [-0.1, -0.05) is 11.8 Å². The molecule has 6 N–H and O–H groups in total. The summed E-state index contributed by atoms with van der Waals surface area (Å²) in [6.45, 7) is 0.631. The Hall–Kier alpha value is -2.37. The highest BCUT2D eigenvalue weighted by atomic mass is 32.2. The van der Waals surface area contributed by atoms with Gasteiger partial charge in [0.25, 0.3) is 0 Å². The second-order valence-corrected chi connectivity index (χ2v) is 7.16. The van der Waals surface area contributed by atoms with Gasteiger partial charge in [0, 0.05) is 19.1 Å². The number of halogens is 2. The number of pyridine rings is 1. The molecule has 0 spiro atoms. The maximum atomic E-state index is 15.3. The fourth-order valence-electron chi connectivity index (χ4n) is 3.52. The highest BCUT2D eigenvalue weighted by Crippen LogP contribution is 2.43. The van der Waals surface area contributed by atoms with E-state index in [9.17, 15) is 14.7 Å². The predicted octanol–water partition coefficient (Wildman–Crippen LogP) is 0.864. The number of carboxylic acids is 1. The number of thioether (sulfide) groups is 1. The molecule has 1 aromatic carbocycles. The van der Waals surface area contributed by atoms with E-state index >= 15 is 8.78 Å². The Kier molecular flexibility index (Phi) is 3.82. The van der Waals surface area contributed by atoms with E-state index in [1.54, 1.807) is 0 Å². The number of nitrogen functional groups attached to an aromatic ring is 1. The summed E-state index contributed by atoms with van der Waals surface area (Å²) in [5.41, 5.74) is 5.57. The van der Waals surface area contributed by atoms with Gasteiger partial charge in [-0.05, 0) is 6.42 Å². The van der Waals surface area contributed by atoms with Crippen LogP contribution in [0, 0.1) is 11.6 Å². The van der Waals surface area contributed by atoms with Crippen molar-refractivity contribution in [3.05, 3.63) is 27.4 Å². The molecule has 1 fully saturated rings. The fraction of sp³-hybridized carbons (Fsp3) is 0.333. The van der Waals surface area contributed by atoms with Crippen LogP contribution in [-0.4, -0.2) is 34.8 Å². The number of rotatable bonds is 3. The Morgan fingerprint density at radius 3 is 2.58 bits per heavy atom. The summed E-state index contributed by atoms with van der Waals surface area (Å²) < 4.78 is 31.7. The molecule has 1 unspecified atom stereocenters. The van der Waals surface area contributed by atoms with Gasteiger partial charge >= 0.3 is 5.97 Å². The van der Waals surface area contributed by atoms with E-state index in [0.717, 1.165) is 11.8 Å². The minimum Gasteiger partial charge on any atom is -0.477 e. The predicted molar refractivity (Wildman–Crippen MR) is 93.6 cm³/mol. The first-order valence-corrected chi connectivity index (χ1v) is 8.80. The SMILES string of the molecule is NNc1c(F)c(N2CCC(N)C2)c(F)c2c1c(=O)c(C(=O)O)c1n2CS1. The average Bonchev–Trinajstić information content (AvgIpc) is 2.97. The monoisotopic (exact) mass is 383 g/mol.